The Morgan fingerprint density at radius 1 is 1.33 bits per heavy atom. The van der Waals surface area contributed by atoms with Crippen LogP contribution in [0.1, 0.15) is 52.5 Å². The summed E-state index contributed by atoms with van der Waals surface area (Å²) in [6, 6.07) is 3.06. The SMILES string of the molecule is CCCN(Cc1cc(CNC(C)C)no1)C(C)C. The summed E-state index contributed by atoms with van der Waals surface area (Å²) in [4.78, 5) is 2.40. The summed E-state index contributed by atoms with van der Waals surface area (Å²) in [6.07, 6.45) is 1.16. The van der Waals surface area contributed by atoms with E-state index >= 15 is 0 Å². The van der Waals surface area contributed by atoms with Crippen LogP contribution in [0.25, 0.3) is 0 Å². The molecule has 4 heteroatoms. The number of aromatic nitrogens is 1. The van der Waals surface area contributed by atoms with Crippen LogP contribution >= 0.6 is 0 Å². The molecule has 0 saturated heterocycles. The van der Waals surface area contributed by atoms with Crippen molar-refractivity contribution in [1.29, 1.82) is 0 Å². The molecule has 0 atom stereocenters. The van der Waals surface area contributed by atoms with Gasteiger partial charge in [0.15, 0.2) is 5.76 Å². The van der Waals surface area contributed by atoms with Crippen LogP contribution < -0.4 is 5.32 Å². The molecule has 104 valence electrons. The smallest absolute Gasteiger partial charge is 0.151 e. The second kappa shape index (κ2) is 7.54. The third kappa shape index (κ3) is 5.19. The Bertz CT molecular complexity index is 334. The number of nitrogens with zero attached hydrogens (tertiary/aromatic N) is 2. The summed E-state index contributed by atoms with van der Waals surface area (Å²) in [5, 5.41) is 7.44. The molecule has 0 aliphatic rings. The van der Waals surface area contributed by atoms with E-state index in [1.54, 1.807) is 0 Å². The summed E-state index contributed by atoms with van der Waals surface area (Å²) in [5.41, 5.74) is 0.985. The average Bonchev–Trinajstić information content (AvgIpc) is 2.73. The van der Waals surface area contributed by atoms with Crippen molar-refractivity contribution >= 4 is 0 Å². The first-order valence-electron chi connectivity index (χ1n) is 6.94. The predicted octanol–water partition coefficient (Wildman–Crippen LogP) is 2.79. The Morgan fingerprint density at radius 2 is 2.06 bits per heavy atom. The Labute approximate surface area is 111 Å². The molecule has 0 amide bonds. The molecule has 1 N–H and O–H groups in total. The first kappa shape index (κ1) is 15.2. The summed E-state index contributed by atoms with van der Waals surface area (Å²) in [7, 11) is 0. The molecule has 1 aromatic rings. The molecule has 1 rings (SSSR count). The van der Waals surface area contributed by atoms with Gasteiger partial charge in [-0.15, -0.1) is 0 Å². The first-order chi connectivity index (χ1) is 8.52. The summed E-state index contributed by atoms with van der Waals surface area (Å²) >= 11 is 0. The van der Waals surface area contributed by atoms with E-state index < -0.39 is 0 Å². The first-order valence-corrected chi connectivity index (χ1v) is 6.94. The highest BCUT2D eigenvalue weighted by atomic mass is 16.5. The van der Waals surface area contributed by atoms with Crippen LogP contribution in [0.3, 0.4) is 0 Å². The molecule has 0 unspecified atom stereocenters. The molecule has 0 aliphatic heterocycles. The van der Waals surface area contributed by atoms with Gasteiger partial charge >= 0.3 is 0 Å². The molecular weight excluding hydrogens is 226 g/mol. The van der Waals surface area contributed by atoms with Crippen molar-refractivity contribution < 1.29 is 4.52 Å². The second-order valence-corrected chi connectivity index (χ2v) is 5.38. The van der Waals surface area contributed by atoms with Gasteiger partial charge in [0.1, 0.15) is 0 Å². The molecule has 0 spiro atoms. The number of rotatable bonds is 8. The summed E-state index contributed by atoms with van der Waals surface area (Å²) in [6.45, 7) is 13.6. The fourth-order valence-electron chi connectivity index (χ4n) is 1.83. The van der Waals surface area contributed by atoms with Crippen LogP contribution in [0, 0.1) is 0 Å². The molecule has 0 aromatic carbocycles. The molecule has 0 bridgehead atoms. The maximum atomic E-state index is 5.39. The minimum absolute atomic E-state index is 0.470. The van der Waals surface area contributed by atoms with Crippen molar-refractivity contribution in [2.75, 3.05) is 6.54 Å². The summed E-state index contributed by atoms with van der Waals surface area (Å²) in [5.74, 6) is 0.956. The Morgan fingerprint density at radius 3 is 2.61 bits per heavy atom. The van der Waals surface area contributed by atoms with Gasteiger partial charge in [-0.1, -0.05) is 25.9 Å². The van der Waals surface area contributed by atoms with Gasteiger partial charge in [0.25, 0.3) is 0 Å². The summed E-state index contributed by atoms with van der Waals surface area (Å²) < 4.78 is 5.39. The van der Waals surface area contributed by atoms with Crippen LogP contribution in [-0.4, -0.2) is 28.7 Å². The molecule has 0 radical (unpaired) electrons. The molecule has 1 heterocycles. The third-order valence-corrected chi connectivity index (χ3v) is 2.90. The van der Waals surface area contributed by atoms with Gasteiger partial charge in [-0.3, -0.25) is 4.90 Å². The Kier molecular flexibility index (Phi) is 6.36. The van der Waals surface area contributed by atoms with E-state index in [0.29, 0.717) is 12.1 Å². The largest absolute Gasteiger partial charge is 0.360 e. The van der Waals surface area contributed by atoms with Crippen LogP contribution in [0.15, 0.2) is 10.6 Å². The van der Waals surface area contributed by atoms with Crippen molar-refractivity contribution in [2.24, 2.45) is 0 Å². The normalized spacial score (nSPS) is 12.0. The van der Waals surface area contributed by atoms with E-state index in [1.807, 2.05) is 0 Å². The Hall–Kier alpha value is -0.870. The van der Waals surface area contributed by atoms with Crippen molar-refractivity contribution in [1.82, 2.24) is 15.4 Å². The zero-order valence-corrected chi connectivity index (χ0v) is 12.4. The molecule has 0 saturated carbocycles. The number of nitrogens with one attached hydrogen (secondary N) is 1. The van der Waals surface area contributed by atoms with E-state index in [9.17, 15) is 0 Å². The average molecular weight is 253 g/mol. The highest BCUT2D eigenvalue weighted by Crippen LogP contribution is 2.10. The van der Waals surface area contributed by atoms with Gasteiger partial charge in [-0.05, 0) is 26.8 Å². The quantitative estimate of drug-likeness (QED) is 0.773. The molecule has 4 nitrogen and oxygen atoms in total. The second-order valence-electron chi connectivity index (χ2n) is 5.38. The van der Waals surface area contributed by atoms with Crippen molar-refractivity contribution in [2.45, 2.75) is 66.2 Å². The van der Waals surface area contributed by atoms with Crippen molar-refractivity contribution in [3.8, 4) is 0 Å². The number of hydrogen-bond donors (Lipinski definition) is 1. The lowest BCUT2D eigenvalue weighted by Crippen LogP contribution is -2.30. The van der Waals surface area contributed by atoms with Crippen LogP contribution in [0.5, 0.6) is 0 Å². The van der Waals surface area contributed by atoms with E-state index in [1.165, 1.54) is 0 Å². The fraction of sp³-hybridized carbons (Fsp3) is 0.786. The topological polar surface area (TPSA) is 41.3 Å². The monoisotopic (exact) mass is 253 g/mol. The third-order valence-electron chi connectivity index (χ3n) is 2.90. The minimum atomic E-state index is 0.470. The van der Waals surface area contributed by atoms with Gasteiger partial charge in [-0.25, -0.2) is 0 Å². The lowest BCUT2D eigenvalue weighted by molar-refractivity contribution is 0.188. The van der Waals surface area contributed by atoms with Gasteiger partial charge in [-0.2, -0.15) is 0 Å². The number of hydrogen-bond acceptors (Lipinski definition) is 4. The lowest BCUT2D eigenvalue weighted by Gasteiger charge is -2.24. The molecule has 18 heavy (non-hydrogen) atoms. The molecule has 1 aromatic heterocycles. The van der Waals surface area contributed by atoms with Gasteiger partial charge in [0.2, 0.25) is 0 Å². The van der Waals surface area contributed by atoms with Gasteiger partial charge < -0.3 is 9.84 Å². The zero-order chi connectivity index (χ0) is 13.5. The molecule has 0 fully saturated rings. The van der Waals surface area contributed by atoms with Crippen LogP contribution in [0.2, 0.25) is 0 Å². The molecular formula is C14H27N3O. The fourth-order valence-corrected chi connectivity index (χ4v) is 1.83. The Balaban J connectivity index is 2.51. The zero-order valence-electron chi connectivity index (χ0n) is 12.4. The lowest BCUT2D eigenvalue weighted by atomic mass is 10.2. The highest BCUT2D eigenvalue weighted by Gasteiger charge is 2.12. The van der Waals surface area contributed by atoms with Gasteiger partial charge in [0, 0.05) is 24.7 Å². The van der Waals surface area contributed by atoms with E-state index in [-0.39, 0.29) is 0 Å². The van der Waals surface area contributed by atoms with Crippen molar-refractivity contribution in [3.63, 3.8) is 0 Å². The van der Waals surface area contributed by atoms with Crippen molar-refractivity contribution in [3.05, 3.63) is 17.5 Å². The van der Waals surface area contributed by atoms with E-state index in [4.69, 9.17) is 4.52 Å². The van der Waals surface area contributed by atoms with Crippen LogP contribution in [-0.2, 0) is 13.1 Å². The van der Waals surface area contributed by atoms with E-state index in [2.05, 4.69) is 56.1 Å². The minimum Gasteiger partial charge on any atom is -0.360 e. The highest BCUT2D eigenvalue weighted by molar-refractivity contribution is 5.05. The van der Waals surface area contributed by atoms with E-state index in [0.717, 1.165) is 37.5 Å². The maximum absolute atomic E-state index is 5.39. The standard InChI is InChI=1S/C14H27N3O/c1-6-7-17(12(4)5)10-14-8-13(16-18-14)9-15-11(2)3/h8,11-12,15H,6-7,9-10H2,1-5H3. The maximum Gasteiger partial charge on any atom is 0.151 e. The van der Waals surface area contributed by atoms with Crippen LogP contribution in [0.4, 0.5) is 0 Å². The van der Waals surface area contributed by atoms with Gasteiger partial charge in [0.05, 0.1) is 12.2 Å². The molecule has 0 aliphatic carbocycles. The predicted molar refractivity (Wildman–Crippen MR) is 74.3 cm³/mol.